The highest BCUT2D eigenvalue weighted by Gasteiger charge is 2.32. The van der Waals surface area contributed by atoms with Crippen molar-refractivity contribution in [3.8, 4) is 0 Å². The molecule has 0 saturated carbocycles. The zero-order valence-corrected chi connectivity index (χ0v) is 13.6. The van der Waals surface area contributed by atoms with Crippen molar-refractivity contribution >= 4 is 33.2 Å². The Bertz CT molecular complexity index is 570. The number of likely N-dealkylation sites (N-methyl/N-ethyl adjacent to an activating group) is 1. The van der Waals surface area contributed by atoms with Gasteiger partial charge in [-0.3, -0.25) is 9.10 Å². The average Bonchev–Trinajstić information content (AvgIpc) is 2.35. The molecule has 1 aromatic rings. The van der Waals surface area contributed by atoms with Crippen LogP contribution in [0.25, 0.3) is 0 Å². The quantitative estimate of drug-likeness (QED) is 0.834. The average molecular weight is 319 g/mol. The Morgan fingerprint density at radius 1 is 1.25 bits per heavy atom. The molecule has 1 aromatic carbocycles. The van der Waals surface area contributed by atoms with Gasteiger partial charge in [-0.15, -0.1) is 0 Å². The second-order valence-corrected chi connectivity index (χ2v) is 6.99. The van der Waals surface area contributed by atoms with Crippen molar-refractivity contribution in [2.45, 2.75) is 19.4 Å². The van der Waals surface area contributed by atoms with E-state index in [1.807, 2.05) is 0 Å². The van der Waals surface area contributed by atoms with Crippen LogP contribution >= 0.6 is 11.6 Å². The van der Waals surface area contributed by atoms with Gasteiger partial charge in [0.05, 0.1) is 11.9 Å². The van der Waals surface area contributed by atoms with Crippen molar-refractivity contribution in [3.05, 3.63) is 29.3 Å². The van der Waals surface area contributed by atoms with Crippen LogP contribution in [0.15, 0.2) is 24.3 Å². The number of halogens is 1. The molecule has 0 aliphatic heterocycles. The maximum atomic E-state index is 12.2. The molecular weight excluding hydrogens is 300 g/mol. The molecule has 0 aromatic heterocycles. The van der Waals surface area contributed by atoms with E-state index < -0.39 is 16.1 Å². The molecule has 0 spiro atoms. The molecule has 0 N–H and O–H groups in total. The Balaban J connectivity index is 3.32. The molecule has 20 heavy (non-hydrogen) atoms. The number of benzene rings is 1. The lowest BCUT2D eigenvalue weighted by molar-refractivity contribution is -0.129. The SMILES string of the molecule is CCC(C(=O)N(C)C)N(c1ccc(Cl)cc1)S(C)(=O)=O. The molecule has 7 heteroatoms. The number of hydrogen-bond donors (Lipinski definition) is 0. The smallest absolute Gasteiger partial charge is 0.245 e. The second-order valence-electron chi connectivity index (χ2n) is 4.69. The molecule has 112 valence electrons. The van der Waals surface area contributed by atoms with Crippen LogP contribution < -0.4 is 4.31 Å². The monoisotopic (exact) mass is 318 g/mol. The van der Waals surface area contributed by atoms with E-state index in [-0.39, 0.29) is 5.91 Å². The lowest BCUT2D eigenvalue weighted by Gasteiger charge is -2.31. The van der Waals surface area contributed by atoms with Crippen molar-refractivity contribution < 1.29 is 13.2 Å². The van der Waals surface area contributed by atoms with Gasteiger partial charge in [-0.2, -0.15) is 0 Å². The Labute approximate surface area is 125 Å². The summed E-state index contributed by atoms with van der Waals surface area (Å²) in [5, 5.41) is 0.509. The molecule has 1 rings (SSSR count). The third-order valence-electron chi connectivity index (χ3n) is 2.83. The molecule has 1 atom stereocenters. The van der Waals surface area contributed by atoms with Gasteiger partial charge in [0.2, 0.25) is 15.9 Å². The van der Waals surface area contributed by atoms with E-state index in [9.17, 15) is 13.2 Å². The van der Waals surface area contributed by atoms with Crippen molar-refractivity contribution in [3.63, 3.8) is 0 Å². The molecule has 0 aliphatic rings. The van der Waals surface area contributed by atoms with Crippen LogP contribution in [-0.4, -0.2) is 45.6 Å². The number of amides is 1. The fourth-order valence-corrected chi connectivity index (χ4v) is 3.26. The van der Waals surface area contributed by atoms with Crippen LogP contribution in [-0.2, 0) is 14.8 Å². The Morgan fingerprint density at radius 3 is 2.10 bits per heavy atom. The van der Waals surface area contributed by atoms with Crippen molar-refractivity contribution in [1.29, 1.82) is 0 Å². The molecule has 0 radical (unpaired) electrons. The summed E-state index contributed by atoms with van der Waals surface area (Å²) in [7, 11) is -0.369. The standard InChI is InChI=1S/C13H19ClN2O3S/c1-5-12(13(17)15(2)3)16(20(4,18)19)11-8-6-10(14)7-9-11/h6-9,12H,5H2,1-4H3. The first-order chi connectivity index (χ1) is 9.18. The first-order valence-electron chi connectivity index (χ1n) is 6.14. The van der Waals surface area contributed by atoms with E-state index in [4.69, 9.17) is 11.6 Å². The summed E-state index contributed by atoms with van der Waals surface area (Å²) in [6, 6.07) is 5.62. The van der Waals surface area contributed by atoms with Crippen molar-refractivity contribution in [1.82, 2.24) is 4.90 Å². The van der Waals surface area contributed by atoms with Gasteiger partial charge in [0.15, 0.2) is 0 Å². The normalized spacial score (nSPS) is 12.8. The van der Waals surface area contributed by atoms with Crippen molar-refractivity contribution in [2.24, 2.45) is 0 Å². The number of sulfonamides is 1. The number of nitrogens with zero attached hydrogens (tertiary/aromatic N) is 2. The van der Waals surface area contributed by atoms with Gasteiger partial charge < -0.3 is 4.90 Å². The van der Waals surface area contributed by atoms with Gasteiger partial charge in [0.1, 0.15) is 6.04 Å². The van der Waals surface area contributed by atoms with Crippen LogP contribution in [0.4, 0.5) is 5.69 Å². The Hall–Kier alpha value is -1.27. The van der Waals surface area contributed by atoms with Crippen molar-refractivity contribution in [2.75, 3.05) is 24.7 Å². The zero-order chi connectivity index (χ0) is 15.5. The lowest BCUT2D eigenvalue weighted by atomic mass is 10.2. The van der Waals surface area contributed by atoms with Gasteiger partial charge in [0.25, 0.3) is 0 Å². The molecule has 1 unspecified atom stereocenters. The lowest BCUT2D eigenvalue weighted by Crippen LogP contribution is -2.48. The number of carbonyl (C=O) groups is 1. The molecule has 1 amide bonds. The molecule has 0 heterocycles. The Kier molecular flexibility index (Phi) is 5.42. The number of rotatable bonds is 5. The first-order valence-corrected chi connectivity index (χ1v) is 8.37. The maximum Gasteiger partial charge on any atom is 0.245 e. The minimum atomic E-state index is -3.58. The van der Waals surface area contributed by atoms with Gasteiger partial charge in [-0.05, 0) is 30.7 Å². The fraction of sp³-hybridized carbons (Fsp3) is 0.462. The molecule has 0 saturated heterocycles. The van der Waals surface area contributed by atoms with Crippen LogP contribution in [0.2, 0.25) is 5.02 Å². The number of carbonyl (C=O) groups excluding carboxylic acids is 1. The summed E-state index contributed by atoms with van der Waals surface area (Å²) in [4.78, 5) is 13.6. The minimum absolute atomic E-state index is 0.257. The molecule has 0 aliphatic carbocycles. The van der Waals surface area contributed by atoms with Crippen LogP contribution in [0.5, 0.6) is 0 Å². The minimum Gasteiger partial charge on any atom is -0.347 e. The van der Waals surface area contributed by atoms with Crippen LogP contribution in [0.1, 0.15) is 13.3 Å². The number of anilines is 1. The summed E-state index contributed by atoms with van der Waals surface area (Å²) < 4.78 is 25.3. The summed E-state index contributed by atoms with van der Waals surface area (Å²) in [5.74, 6) is -0.257. The van der Waals surface area contributed by atoms with E-state index in [0.29, 0.717) is 17.1 Å². The highest BCUT2D eigenvalue weighted by atomic mass is 35.5. The second kappa shape index (κ2) is 6.45. The predicted molar refractivity (Wildman–Crippen MR) is 81.5 cm³/mol. The summed E-state index contributed by atoms with van der Waals surface area (Å²) in [5.41, 5.74) is 0.430. The van der Waals surface area contributed by atoms with Crippen LogP contribution in [0.3, 0.4) is 0 Å². The van der Waals surface area contributed by atoms with Gasteiger partial charge in [-0.25, -0.2) is 8.42 Å². The molecule has 0 fully saturated rings. The van der Waals surface area contributed by atoms with E-state index in [1.165, 1.54) is 4.90 Å². The largest absolute Gasteiger partial charge is 0.347 e. The van der Waals surface area contributed by atoms with Gasteiger partial charge in [0, 0.05) is 19.1 Å². The highest BCUT2D eigenvalue weighted by molar-refractivity contribution is 7.92. The van der Waals surface area contributed by atoms with E-state index >= 15 is 0 Å². The predicted octanol–water partition coefficient (Wildman–Crippen LogP) is 1.97. The molecular formula is C13H19ClN2O3S. The Morgan fingerprint density at radius 2 is 1.75 bits per heavy atom. The summed E-state index contributed by atoms with van der Waals surface area (Å²) in [6.45, 7) is 1.78. The topological polar surface area (TPSA) is 57.7 Å². The van der Waals surface area contributed by atoms with E-state index in [2.05, 4.69) is 0 Å². The van der Waals surface area contributed by atoms with Gasteiger partial charge >= 0.3 is 0 Å². The summed E-state index contributed by atoms with van der Waals surface area (Å²) >= 11 is 5.81. The highest BCUT2D eigenvalue weighted by Crippen LogP contribution is 2.24. The third kappa shape index (κ3) is 3.86. The molecule has 0 bridgehead atoms. The fourth-order valence-electron chi connectivity index (χ4n) is 1.93. The number of hydrogen-bond acceptors (Lipinski definition) is 3. The zero-order valence-electron chi connectivity index (χ0n) is 12.0. The molecule has 5 nitrogen and oxygen atoms in total. The van der Waals surface area contributed by atoms with Gasteiger partial charge in [-0.1, -0.05) is 18.5 Å². The van der Waals surface area contributed by atoms with Crippen LogP contribution in [0, 0.1) is 0 Å². The van der Waals surface area contributed by atoms with E-state index in [1.54, 1.807) is 45.3 Å². The van der Waals surface area contributed by atoms with E-state index in [0.717, 1.165) is 10.6 Å². The third-order valence-corrected chi connectivity index (χ3v) is 4.27. The first kappa shape index (κ1) is 16.8. The maximum absolute atomic E-state index is 12.2. The summed E-state index contributed by atoms with van der Waals surface area (Å²) in [6.07, 6.45) is 1.47.